The van der Waals surface area contributed by atoms with Crippen LogP contribution in [0, 0.1) is 10.1 Å². The van der Waals surface area contributed by atoms with Crippen molar-refractivity contribution in [2.75, 3.05) is 18.6 Å². The van der Waals surface area contributed by atoms with Gasteiger partial charge in [-0.15, -0.1) is 0 Å². The maximum atomic E-state index is 13.0. The molecule has 130 valence electrons. The van der Waals surface area contributed by atoms with E-state index in [4.69, 9.17) is 9.47 Å². The molecule has 0 aromatic heterocycles. The first-order valence-corrected chi connectivity index (χ1v) is 7.75. The lowest BCUT2D eigenvalue weighted by Crippen LogP contribution is -2.49. The number of benzene rings is 2. The molecule has 0 fully saturated rings. The zero-order chi connectivity index (χ0) is 18.2. The number of methoxy groups -OCH3 is 1. The summed E-state index contributed by atoms with van der Waals surface area (Å²) in [6, 6.07) is 11.4. The van der Waals surface area contributed by atoms with Crippen LogP contribution in [0.1, 0.15) is 24.2 Å². The van der Waals surface area contributed by atoms with Crippen LogP contribution in [-0.4, -0.2) is 30.1 Å². The lowest BCUT2D eigenvalue weighted by molar-refractivity contribution is -0.385. The van der Waals surface area contributed by atoms with E-state index in [0.29, 0.717) is 18.0 Å². The number of hydrogen-bond acceptors (Lipinski definition) is 5. The van der Waals surface area contributed by atoms with Gasteiger partial charge in [0.05, 0.1) is 24.3 Å². The summed E-state index contributed by atoms with van der Waals surface area (Å²) in [5.74, 6) is 0.397. The highest BCUT2D eigenvalue weighted by molar-refractivity contribution is 6.07. The third kappa shape index (κ3) is 3.13. The van der Waals surface area contributed by atoms with E-state index >= 15 is 0 Å². The Morgan fingerprint density at radius 3 is 2.68 bits per heavy atom. The minimum absolute atomic E-state index is 0.115. The molecule has 0 spiro atoms. The van der Waals surface area contributed by atoms with Gasteiger partial charge in [-0.2, -0.15) is 0 Å². The summed E-state index contributed by atoms with van der Waals surface area (Å²) in [4.78, 5) is 25.3. The predicted molar refractivity (Wildman–Crippen MR) is 92.5 cm³/mol. The SMILES string of the molecule is COc1ccc(C(=O)N2CC(C)(C)Oc3ccccc32)cc1[N+](=O)[O-]. The molecule has 1 aliphatic rings. The molecule has 0 saturated heterocycles. The van der Waals surface area contributed by atoms with Crippen LogP contribution in [0.15, 0.2) is 42.5 Å². The Morgan fingerprint density at radius 1 is 1.28 bits per heavy atom. The number of carbonyl (C=O) groups is 1. The molecule has 0 unspecified atom stereocenters. The topological polar surface area (TPSA) is 81.9 Å². The number of para-hydroxylation sites is 2. The molecule has 7 nitrogen and oxygen atoms in total. The molecule has 2 aromatic rings. The van der Waals surface area contributed by atoms with Gasteiger partial charge in [0.25, 0.3) is 5.91 Å². The number of amides is 1. The number of anilines is 1. The molecule has 0 radical (unpaired) electrons. The average Bonchev–Trinajstić information content (AvgIpc) is 2.58. The van der Waals surface area contributed by atoms with Gasteiger partial charge in [-0.05, 0) is 38.1 Å². The van der Waals surface area contributed by atoms with E-state index in [1.807, 2.05) is 26.0 Å². The van der Waals surface area contributed by atoms with Crippen LogP contribution < -0.4 is 14.4 Å². The summed E-state index contributed by atoms with van der Waals surface area (Å²) in [5, 5.41) is 11.2. The van der Waals surface area contributed by atoms with Gasteiger partial charge in [0.1, 0.15) is 11.4 Å². The second kappa shape index (κ2) is 6.08. The molecule has 3 rings (SSSR count). The second-order valence-corrected chi connectivity index (χ2v) is 6.36. The maximum absolute atomic E-state index is 13.0. The van der Waals surface area contributed by atoms with Gasteiger partial charge in [-0.25, -0.2) is 0 Å². The van der Waals surface area contributed by atoms with Gasteiger partial charge in [-0.1, -0.05) is 12.1 Å². The molecule has 0 N–H and O–H groups in total. The number of nitro groups is 1. The fourth-order valence-corrected chi connectivity index (χ4v) is 2.87. The van der Waals surface area contributed by atoms with Crippen molar-refractivity contribution in [3.8, 4) is 11.5 Å². The zero-order valence-corrected chi connectivity index (χ0v) is 14.2. The molecular weight excluding hydrogens is 324 g/mol. The Kier molecular flexibility index (Phi) is 4.08. The van der Waals surface area contributed by atoms with Crippen molar-refractivity contribution in [2.24, 2.45) is 0 Å². The monoisotopic (exact) mass is 342 g/mol. The van der Waals surface area contributed by atoms with E-state index < -0.39 is 10.5 Å². The summed E-state index contributed by atoms with van der Waals surface area (Å²) in [6.45, 7) is 4.11. The molecule has 25 heavy (non-hydrogen) atoms. The highest BCUT2D eigenvalue weighted by Crippen LogP contribution is 2.38. The third-order valence-electron chi connectivity index (χ3n) is 3.95. The third-order valence-corrected chi connectivity index (χ3v) is 3.95. The first kappa shape index (κ1) is 16.8. The van der Waals surface area contributed by atoms with Crippen molar-refractivity contribution in [1.82, 2.24) is 0 Å². The first-order valence-electron chi connectivity index (χ1n) is 7.75. The Hall–Kier alpha value is -3.09. The van der Waals surface area contributed by atoms with Crippen molar-refractivity contribution in [3.05, 3.63) is 58.1 Å². The quantitative estimate of drug-likeness (QED) is 0.630. The minimum atomic E-state index is -0.567. The standard InChI is InChI=1S/C18H18N2O5/c1-18(2)11-19(13-6-4-5-7-16(13)25-18)17(21)12-8-9-15(24-3)14(10-12)20(22)23/h4-10H,11H2,1-3H3. The summed E-state index contributed by atoms with van der Waals surface area (Å²) in [5.41, 5.74) is 0.0574. The Morgan fingerprint density at radius 2 is 2.00 bits per heavy atom. The normalized spacial score (nSPS) is 15.1. The second-order valence-electron chi connectivity index (χ2n) is 6.36. The van der Waals surface area contributed by atoms with E-state index in [1.54, 1.807) is 17.0 Å². The maximum Gasteiger partial charge on any atom is 0.311 e. The molecule has 1 heterocycles. The summed E-state index contributed by atoms with van der Waals surface area (Å²) in [7, 11) is 1.35. The molecule has 7 heteroatoms. The number of nitro benzene ring substituents is 1. The number of fused-ring (bicyclic) bond motifs is 1. The lowest BCUT2D eigenvalue weighted by Gasteiger charge is -2.39. The molecule has 2 aromatic carbocycles. The average molecular weight is 342 g/mol. The van der Waals surface area contributed by atoms with Crippen molar-refractivity contribution in [1.29, 1.82) is 0 Å². The highest BCUT2D eigenvalue weighted by Gasteiger charge is 2.35. The first-order chi connectivity index (χ1) is 11.8. The molecule has 0 aliphatic carbocycles. The fourth-order valence-electron chi connectivity index (χ4n) is 2.87. The van der Waals surface area contributed by atoms with Crippen LogP contribution in [0.5, 0.6) is 11.5 Å². The summed E-state index contributed by atoms with van der Waals surface area (Å²) in [6.07, 6.45) is 0. The molecule has 1 aliphatic heterocycles. The number of hydrogen-bond donors (Lipinski definition) is 0. The minimum Gasteiger partial charge on any atom is -0.490 e. The molecule has 0 atom stereocenters. The number of ether oxygens (including phenoxy) is 2. The van der Waals surface area contributed by atoms with Crippen LogP contribution >= 0.6 is 0 Å². The Labute approximate surface area is 144 Å². The predicted octanol–water partition coefficient (Wildman–Crippen LogP) is 3.42. The number of carbonyl (C=O) groups excluding carboxylic acids is 1. The van der Waals surface area contributed by atoms with Gasteiger partial charge in [0.2, 0.25) is 0 Å². The molecule has 1 amide bonds. The Bertz CT molecular complexity index is 847. The van der Waals surface area contributed by atoms with E-state index in [9.17, 15) is 14.9 Å². The molecule has 0 bridgehead atoms. The molecule has 0 saturated carbocycles. The summed E-state index contributed by atoms with van der Waals surface area (Å²) < 4.78 is 10.9. The van der Waals surface area contributed by atoms with Crippen LogP contribution in [0.4, 0.5) is 11.4 Å². The van der Waals surface area contributed by atoms with Crippen LogP contribution in [-0.2, 0) is 0 Å². The van der Waals surface area contributed by atoms with Gasteiger partial charge in [-0.3, -0.25) is 14.9 Å². The van der Waals surface area contributed by atoms with Gasteiger partial charge in [0.15, 0.2) is 5.75 Å². The smallest absolute Gasteiger partial charge is 0.311 e. The van der Waals surface area contributed by atoms with Crippen molar-refractivity contribution >= 4 is 17.3 Å². The summed E-state index contributed by atoms with van der Waals surface area (Å²) >= 11 is 0. The van der Waals surface area contributed by atoms with E-state index in [1.165, 1.54) is 25.3 Å². The van der Waals surface area contributed by atoms with Gasteiger partial charge >= 0.3 is 5.69 Å². The Balaban J connectivity index is 2.04. The number of nitrogens with zero attached hydrogens (tertiary/aromatic N) is 2. The molecular formula is C18H18N2O5. The number of rotatable bonds is 3. The zero-order valence-electron chi connectivity index (χ0n) is 14.2. The van der Waals surface area contributed by atoms with Crippen LogP contribution in [0.25, 0.3) is 0 Å². The van der Waals surface area contributed by atoms with Crippen LogP contribution in [0.3, 0.4) is 0 Å². The van der Waals surface area contributed by atoms with Crippen molar-refractivity contribution in [3.63, 3.8) is 0 Å². The van der Waals surface area contributed by atoms with Gasteiger partial charge < -0.3 is 14.4 Å². The van der Waals surface area contributed by atoms with Crippen molar-refractivity contribution in [2.45, 2.75) is 19.4 Å². The largest absolute Gasteiger partial charge is 0.490 e. The van der Waals surface area contributed by atoms with Gasteiger partial charge in [0, 0.05) is 11.6 Å². The van der Waals surface area contributed by atoms with Crippen molar-refractivity contribution < 1.29 is 19.2 Å². The highest BCUT2D eigenvalue weighted by atomic mass is 16.6. The van der Waals surface area contributed by atoms with E-state index in [0.717, 1.165) is 0 Å². The fraction of sp³-hybridized carbons (Fsp3) is 0.278. The lowest BCUT2D eigenvalue weighted by atomic mass is 10.0. The van der Waals surface area contributed by atoms with E-state index in [-0.39, 0.29) is 22.9 Å². The van der Waals surface area contributed by atoms with E-state index in [2.05, 4.69) is 0 Å². The van der Waals surface area contributed by atoms with Crippen LogP contribution in [0.2, 0.25) is 0 Å².